The molecule has 150 valence electrons. The molecule has 4 rings (SSSR count). The van der Waals surface area contributed by atoms with Gasteiger partial charge < -0.3 is 5.32 Å². The lowest BCUT2D eigenvalue weighted by atomic mass is 9.95. The lowest BCUT2D eigenvalue weighted by Crippen LogP contribution is -2.30. The maximum atomic E-state index is 13.7. The molecule has 0 aliphatic carbocycles. The number of hydrogen-bond donors (Lipinski definition) is 1. The summed E-state index contributed by atoms with van der Waals surface area (Å²) in [5, 5.41) is 9.25. The third-order valence-electron chi connectivity index (χ3n) is 5.00. The fourth-order valence-electron chi connectivity index (χ4n) is 3.85. The number of benzene rings is 2. The number of halogens is 4. The van der Waals surface area contributed by atoms with Crippen LogP contribution in [0.2, 0.25) is 0 Å². The van der Waals surface area contributed by atoms with Gasteiger partial charge in [0.1, 0.15) is 0 Å². The Morgan fingerprint density at radius 1 is 1.10 bits per heavy atom. The number of alkyl halides is 3. The molecule has 0 bridgehead atoms. The minimum absolute atomic E-state index is 0.0565. The second kappa shape index (κ2) is 7.06. The number of hydrogen-bond acceptors (Lipinski definition) is 3. The molecule has 0 saturated carbocycles. The van der Waals surface area contributed by atoms with Gasteiger partial charge in [0.2, 0.25) is 0 Å². The topological polar surface area (TPSA) is 27.6 Å². The zero-order valence-electron chi connectivity index (χ0n) is 16.0. The summed E-state index contributed by atoms with van der Waals surface area (Å²) >= 11 is 3.29. The van der Waals surface area contributed by atoms with E-state index in [2.05, 4.69) is 39.0 Å². The summed E-state index contributed by atoms with van der Waals surface area (Å²) in [7, 11) is 0. The monoisotopic (exact) mass is 461 g/mol. The van der Waals surface area contributed by atoms with Gasteiger partial charge in [0.05, 0.1) is 28.4 Å². The Hall–Kier alpha value is -2.54. The standard InChI is InChI=1S/C22H19BrF3N3/c1-12-8-13(2)10-15(9-12)21-17-6-7-27-20(17)14(3)29(28-21)19-11-16(23)4-5-18(19)22(24,25)26/h4-5,8-11,27H,3,6-7H2,1-2H3. The van der Waals surface area contributed by atoms with Gasteiger partial charge in [-0.05, 0) is 50.6 Å². The average molecular weight is 462 g/mol. The van der Waals surface area contributed by atoms with Gasteiger partial charge in [-0.1, -0.05) is 39.7 Å². The molecule has 2 aliphatic rings. The number of nitrogens with one attached hydrogen (secondary N) is 1. The Kier molecular flexibility index (Phi) is 4.81. The molecule has 2 aromatic carbocycles. The minimum Gasteiger partial charge on any atom is -0.383 e. The van der Waals surface area contributed by atoms with Crippen LogP contribution in [0.4, 0.5) is 18.9 Å². The fraction of sp³-hybridized carbons (Fsp3) is 0.227. The maximum absolute atomic E-state index is 13.7. The Balaban J connectivity index is 1.93. The first kappa shape index (κ1) is 19.8. The van der Waals surface area contributed by atoms with E-state index in [1.807, 2.05) is 26.0 Å². The molecule has 1 N–H and O–H groups in total. The quantitative estimate of drug-likeness (QED) is 0.587. The molecule has 0 atom stereocenters. The van der Waals surface area contributed by atoms with E-state index in [0.717, 1.165) is 40.4 Å². The molecule has 7 heteroatoms. The van der Waals surface area contributed by atoms with Crippen LogP contribution in [0, 0.1) is 13.8 Å². The van der Waals surface area contributed by atoms with E-state index in [-0.39, 0.29) is 5.69 Å². The average Bonchev–Trinajstić information content (AvgIpc) is 3.10. The van der Waals surface area contributed by atoms with Crippen molar-refractivity contribution in [1.29, 1.82) is 0 Å². The van der Waals surface area contributed by atoms with Gasteiger partial charge in [-0.15, -0.1) is 0 Å². The van der Waals surface area contributed by atoms with Crippen LogP contribution in [0.25, 0.3) is 0 Å². The second-order valence-electron chi connectivity index (χ2n) is 7.27. The van der Waals surface area contributed by atoms with Crippen LogP contribution < -0.4 is 10.3 Å². The van der Waals surface area contributed by atoms with Crippen molar-refractivity contribution in [3.8, 4) is 0 Å². The molecule has 29 heavy (non-hydrogen) atoms. The molecule has 0 aromatic heterocycles. The number of aryl methyl sites for hydroxylation is 2. The van der Waals surface area contributed by atoms with Gasteiger partial charge in [0.25, 0.3) is 0 Å². The predicted octanol–water partition coefficient (Wildman–Crippen LogP) is 6.07. The highest BCUT2D eigenvalue weighted by Crippen LogP contribution is 2.42. The molecular formula is C22H19BrF3N3. The summed E-state index contributed by atoms with van der Waals surface area (Å²) in [6, 6.07) is 9.94. The molecule has 0 unspecified atom stereocenters. The van der Waals surface area contributed by atoms with Gasteiger partial charge in [-0.2, -0.15) is 18.3 Å². The number of nitrogens with zero attached hydrogens (tertiary/aromatic N) is 2. The molecule has 2 heterocycles. The van der Waals surface area contributed by atoms with Crippen molar-refractivity contribution in [3.63, 3.8) is 0 Å². The summed E-state index contributed by atoms with van der Waals surface area (Å²) < 4.78 is 41.7. The Labute approximate surface area is 175 Å². The molecule has 3 nitrogen and oxygen atoms in total. The molecule has 0 saturated heterocycles. The van der Waals surface area contributed by atoms with E-state index in [4.69, 9.17) is 0 Å². The molecule has 2 aromatic rings. The number of rotatable bonds is 2. The highest BCUT2D eigenvalue weighted by Gasteiger charge is 2.38. The second-order valence-corrected chi connectivity index (χ2v) is 8.19. The summed E-state index contributed by atoms with van der Waals surface area (Å²) in [5.74, 6) is 0. The molecular weight excluding hydrogens is 443 g/mol. The summed E-state index contributed by atoms with van der Waals surface area (Å²) in [5.41, 5.74) is 5.05. The maximum Gasteiger partial charge on any atom is 0.418 e. The summed E-state index contributed by atoms with van der Waals surface area (Å²) in [6.07, 6.45) is -3.76. The van der Waals surface area contributed by atoms with E-state index in [1.165, 1.54) is 17.1 Å². The Morgan fingerprint density at radius 3 is 2.45 bits per heavy atom. The zero-order valence-corrected chi connectivity index (χ0v) is 17.6. The van der Waals surface area contributed by atoms with Crippen LogP contribution in [-0.2, 0) is 6.18 Å². The summed E-state index contributed by atoms with van der Waals surface area (Å²) in [4.78, 5) is 0. The van der Waals surface area contributed by atoms with Gasteiger partial charge >= 0.3 is 6.18 Å². The fourth-order valence-corrected chi connectivity index (χ4v) is 4.20. The van der Waals surface area contributed by atoms with E-state index in [9.17, 15) is 13.2 Å². The first-order chi connectivity index (χ1) is 13.6. The summed E-state index contributed by atoms with van der Waals surface area (Å²) in [6.45, 7) is 8.74. The molecule has 0 spiro atoms. The van der Waals surface area contributed by atoms with Crippen LogP contribution >= 0.6 is 15.9 Å². The smallest absolute Gasteiger partial charge is 0.383 e. The molecule has 2 aliphatic heterocycles. The zero-order chi connectivity index (χ0) is 20.9. The van der Waals surface area contributed by atoms with Gasteiger partial charge in [0.15, 0.2) is 0 Å². The SMILES string of the molecule is C=C1C2=C(CCN2)C(c2cc(C)cc(C)c2)=NN1c1cc(Br)ccc1C(F)(F)F. The van der Waals surface area contributed by atoms with Crippen molar-refractivity contribution in [2.45, 2.75) is 26.4 Å². The lowest BCUT2D eigenvalue weighted by molar-refractivity contribution is -0.137. The number of hydrazone groups is 1. The van der Waals surface area contributed by atoms with Gasteiger partial charge in [-0.3, -0.25) is 0 Å². The van der Waals surface area contributed by atoms with Crippen LogP contribution in [-0.4, -0.2) is 12.3 Å². The van der Waals surface area contributed by atoms with Gasteiger partial charge in [-0.25, -0.2) is 5.01 Å². The van der Waals surface area contributed by atoms with Crippen molar-refractivity contribution in [2.75, 3.05) is 11.6 Å². The number of anilines is 1. The first-order valence-corrected chi connectivity index (χ1v) is 9.95. The van der Waals surface area contributed by atoms with Crippen molar-refractivity contribution < 1.29 is 13.2 Å². The Bertz CT molecular complexity index is 1060. The van der Waals surface area contributed by atoms with E-state index in [0.29, 0.717) is 22.4 Å². The normalized spacial score (nSPS) is 16.7. The van der Waals surface area contributed by atoms with Crippen LogP contribution in [0.15, 0.2) is 69.5 Å². The third kappa shape index (κ3) is 3.59. The van der Waals surface area contributed by atoms with Crippen molar-refractivity contribution in [2.24, 2.45) is 5.10 Å². The largest absolute Gasteiger partial charge is 0.418 e. The first-order valence-electron chi connectivity index (χ1n) is 9.16. The van der Waals surface area contributed by atoms with Gasteiger partial charge in [0, 0.05) is 22.2 Å². The third-order valence-corrected chi connectivity index (χ3v) is 5.49. The van der Waals surface area contributed by atoms with Crippen molar-refractivity contribution in [1.82, 2.24) is 5.32 Å². The predicted molar refractivity (Wildman–Crippen MR) is 113 cm³/mol. The van der Waals surface area contributed by atoms with E-state index in [1.54, 1.807) is 0 Å². The van der Waals surface area contributed by atoms with Crippen LogP contribution in [0.3, 0.4) is 0 Å². The highest BCUT2D eigenvalue weighted by molar-refractivity contribution is 9.10. The molecule has 0 amide bonds. The molecule has 0 radical (unpaired) electrons. The van der Waals surface area contributed by atoms with Crippen molar-refractivity contribution >= 4 is 27.3 Å². The van der Waals surface area contributed by atoms with E-state index >= 15 is 0 Å². The van der Waals surface area contributed by atoms with Crippen LogP contribution in [0.1, 0.15) is 28.7 Å². The highest BCUT2D eigenvalue weighted by atomic mass is 79.9. The van der Waals surface area contributed by atoms with E-state index < -0.39 is 11.7 Å². The Morgan fingerprint density at radius 2 is 1.79 bits per heavy atom. The lowest BCUT2D eigenvalue weighted by Gasteiger charge is -2.31. The van der Waals surface area contributed by atoms with Crippen LogP contribution in [0.5, 0.6) is 0 Å². The minimum atomic E-state index is -4.51. The molecule has 0 fully saturated rings. The van der Waals surface area contributed by atoms with Crippen molar-refractivity contribution in [3.05, 3.63) is 86.7 Å².